The fraction of sp³-hybridized carbons (Fsp3) is 0.400. The second-order valence-corrected chi connectivity index (χ2v) is 12.5. The van der Waals surface area contributed by atoms with Crippen LogP contribution in [0, 0.1) is 0 Å². The summed E-state index contributed by atoms with van der Waals surface area (Å²) < 4.78 is 34.7. The van der Waals surface area contributed by atoms with Gasteiger partial charge in [0.15, 0.2) is 8.32 Å². The molecule has 130 valence electrons. The first kappa shape index (κ1) is 18.8. The van der Waals surface area contributed by atoms with Crippen molar-refractivity contribution in [3.05, 3.63) is 60.2 Å². The number of alkyl halides is 2. The molecule has 0 amide bonds. The summed E-state index contributed by atoms with van der Waals surface area (Å²) in [4.78, 5) is 0. The highest BCUT2D eigenvalue weighted by Gasteiger charge is 2.41. The molecule has 0 saturated heterocycles. The van der Waals surface area contributed by atoms with E-state index < -0.39 is 20.8 Å². The highest BCUT2D eigenvalue weighted by Crippen LogP contribution is 2.39. The molecule has 0 aliphatic rings. The fourth-order valence-corrected chi connectivity index (χ4v) is 3.08. The maximum Gasteiger partial charge on any atom is 0.294 e. The van der Waals surface area contributed by atoms with Crippen molar-refractivity contribution in [2.24, 2.45) is 0 Å². The third kappa shape index (κ3) is 4.31. The highest BCUT2D eigenvalue weighted by molar-refractivity contribution is 6.74. The molecule has 2 aromatic carbocycles. The number of hydrogen-bond acceptors (Lipinski definition) is 1. The van der Waals surface area contributed by atoms with E-state index in [1.165, 1.54) is 12.1 Å². The molecule has 2 aromatic rings. The number of hydrogen-bond donors (Lipinski definition) is 0. The second kappa shape index (κ2) is 6.77. The van der Waals surface area contributed by atoms with Crippen molar-refractivity contribution in [3.8, 4) is 11.1 Å². The molecule has 0 saturated carbocycles. The molecule has 0 bridgehead atoms. The number of rotatable bonds is 5. The molecule has 0 unspecified atom stereocenters. The summed E-state index contributed by atoms with van der Waals surface area (Å²) in [5.41, 5.74) is 1.95. The molecular weight excluding hydrogens is 322 g/mol. The van der Waals surface area contributed by atoms with E-state index >= 15 is 0 Å². The summed E-state index contributed by atoms with van der Waals surface area (Å²) in [6.45, 7) is 9.56. The van der Waals surface area contributed by atoms with Crippen LogP contribution in [0.15, 0.2) is 54.6 Å². The van der Waals surface area contributed by atoms with Crippen LogP contribution < -0.4 is 0 Å². The van der Waals surface area contributed by atoms with E-state index in [2.05, 4.69) is 0 Å². The summed E-state index contributed by atoms with van der Waals surface area (Å²) in [6.07, 6.45) is 0. The van der Waals surface area contributed by atoms with Crippen LogP contribution in [0.2, 0.25) is 18.1 Å². The van der Waals surface area contributed by atoms with E-state index in [9.17, 15) is 8.78 Å². The van der Waals surface area contributed by atoms with Gasteiger partial charge < -0.3 is 4.43 Å². The van der Waals surface area contributed by atoms with Crippen molar-refractivity contribution in [2.75, 3.05) is 6.61 Å². The van der Waals surface area contributed by atoms with Crippen LogP contribution in [0.5, 0.6) is 0 Å². The minimum Gasteiger partial charge on any atom is -0.410 e. The summed E-state index contributed by atoms with van der Waals surface area (Å²) in [7, 11) is -2.19. The van der Waals surface area contributed by atoms with Crippen LogP contribution in [0.25, 0.3) is 11.1 Å². The van der Waals surface area contributed by atoms with Crippen LogP contribution in [0.3, 0.4) is 0 Å². The lowest BCUT2D eigenvalue weighted by Gasteiger charge is -2.37. The Morgan fingerprint density at radius 3 is 1.83 bits per heavy atom. The second-order valence-electron chi connectivity index (χ2n) is 7.70. The van der Waals surface area contributed by atoms with Gasteiger partial charge in [0.1, 0.15) is 6.61 Å². The van der Waals surface area contributed by atoms with Crippen molar-refractivity contribution in [1.29, 1.82) is 0 Å². The Morgan fingerprint density at radius 1 is 0.833 bits per heavy atom. The lowest BCUT2D eigenvalue weighted by molar-refractivity contribution is -0.0508. The average Bonchev–Trinajstić information content (AvgIpc) is 2.53. The zero-order valence-corrected chi connectivity index (χ0v) is 16.1. The van der Waals surface area contributed by atoms with Gasteiger partial charge in [0.25, 0.3) is 5.92 Å². The Hall–Kier alpha value is -1.52. The van der Waals surface area contributed by atoms with Gasteiger partial charge in [-0.3, -0.25) is 0 Å². The zero-order valence-electron chi connectivity index (χ0n) is 15.1. The van der Waals surface area contributed by atoms with E-state index in [1.54, 1.807) is 12.1 Å². The largest absolute Gasteiger partial charge is 0.410 e. The van der Waals surface area contributed by atoms with Crippen LogP contribution in [0.1, 0.15) is 26.3 Å². The first-order valence-electron chi connectivity index (χ1n) is 8.21. The smallest absolute Gasteiger partial charge is 0.294 e. The van der Waals surface area contributed by atoms with E-state index in [-0.39, 0.29) is 10.6 Å². The van der Waals surface area contributed by atoms with Gasteiger partial charge in [-0.15, -0.1) is 0 Å². The van der Waals surface area contributed by atoms with E-state index in [0.29, 0.717) is 0 Å². The Labute approximate surface area is 144 Å². The van der Waals surface area contributed by atoms with Crippen molar-refractivity contribution >= 4 is 8.32 Å². The van der Waals surface area contributed by atoms with Crippen LogP contribution in [-0.4, -0.2) is 14.9 Å². The normalized spacial score (nSPS) is 13.1. The summed E-state index contributed by atoms with van der Waals surface area (Å²) in [5.74, 6) is -2.98. The molecular formula is C20H26F2OSi. The molecule has 0 heterocycles. The third-order valence-corrected chi connectivity index (χ3v) is 9.31. The molecule has 2 rings (SSSR count). The van der Waals surface area contributed by atoms with Crippen molar-refractivity contribution in [3.63, 3.8) is 0 Å². The average molecular weight is 349 g/mol. The number of benzene rings is 2. The van der Waals surface area contributed by atoms with Crippen LogP contribution in [-0.2, 0) is 10.3 Å². The molecule has 0 aromatic heterocycles. The van der Waals surface area contributed by atoms with Gasteiger partial charge in [-0.25, -0.2) is 0 Å². The number of halogens is 2. The lowest BCUT2D eigenvalue weighted by Crippen LogP contribution is -2.43. The first-order chi connectivity index (χ1) is 11.0. The predicted molar refractivity (Wildman–Crippen MR) is 98.9 cm³/mol. The first-order valence-corrected chi connectivity index (χ1v) is 11.1. The van der Waals surface area contributed by atoms with E-state index in [4.69, 9.17) is 4.43 Å². The van der Waals surface area contributed by atoms with Gasteiger partial charge in [-0.1, -0.05) is 75.4 Å². The lowest BCUT2D eigenvalue weighted by atomic mass is 10.0. The van der Waals surface area contributed by atoms with Gasteiger partial charge in [0.05, 0.1) is 0 Å². The predicted octanol–water partition coefficient (Wildman–Crippen LogP) is 6.47. The van der Waals surface area contributed by atoms with Gasteiger partial charge in [0, 0.05) is 5.56 Å². The topological polar surface area (TPSA) is 9.23 Å². The minimum absolute atomic E-state index is 0.000824. The summed E-state index contributed by atoms with van der Waals surface area (Å²) >= 11 is 0. The molecule has 0 aliphatic carbocycles. The Morgan fingerprint density at radius 2 is 1.33 bits per heavy atom. The quantitative estimate of drug-likeness (QED) is 0.563. The molecule has 0 fully saturated rings. The Kier molecular flexibility index (Phi) is 5.30. The molecule has 0 radical (unpaired) electrons. The van der Waals surface area contributed by atoms with Gasteiger partial charge in [-0.2, -0.15) is 8.78 Å². The van der Waals surface area contributed by atoms with Crippen molar-refractivity contribution in [2.45, 2.75) is 44.8 Å². The zero-order chi connectivity index (χ0) is 18.0. The molecule has 0 spiro atoms. The standard InChI is InChI=1S/C20H26F2OSi/c1-19(2,3)24(4,5)23-15-20(21,22)18-13-11-17(12-14-18)16-9-7-6-8-10-16/h6-14H,15H2,1-5H3. The maximum absolute atomic E-state index is 14.5. The van der Waals surface area contributed by atoms with Gasteiger partial charge in [0.2, 0.25) is 0 Å². The summed E-state index contributed by atoms with van der Waals surface area (Å²) in [6, 6.07) is 16.2. The van der Waals surface area contributed by atoms with E-state index in [0.717, 1.165) is 11.1 Å². The van der Waals surface area contributed by atoms with Crippen LogP contribution in [0.4, 0.5) is 8.78 Å². The monoisotopic (exact) mass is 348 g/mol. The molecule has 1 nitrogen and oxygen atoms in total. The maximum atomic E-state index is 14.5. The van der Waals surface area contributed by atoms with Gasteiger partial charge in [-0.05, 0) is 29.3 Å². The Bertz CT molecular complexity index is 658. The van der Waals surface area contributed by atoms with Crippen LogP contribution >= 0.6 is 0 Å². The fourth-order valence-electron chi connectivity index (χ4n) is 2.11. The molecule has 0 atom stereocenters. The minimum atomic E-state index is -2.98. The molecule has 24 heavy (non-hydrogen) atoms. The van der Waals surface area contributed by atoms with E-state index in [1.807, 2.05) is 64.2 Å². The molecule has 0 aliphatic heterocycles. The van der Waals surface area contributed by atoms with Crippen molar-refractivity contribution in [1.82, 2.24) is 0 Å². The highest BCUT2D eigenvalue weighted by atomic mass is 28.4. The van der Waals surface area contributed by atoms with Gasteiger partial charge >= 0.3 is 0 Å². The third-order valence-electron chi connectivity index (χ3n) is 4.83. The molecule has 4 heteroatoms. The SMILES string of the molecule is CC(C)(C)[Si](C)(C)OCC(F)(F)c1ccc(-c2ccccc2)cc1. The Balaban J connectivity index is 2.12. The molecule has 0 N–H and O–H groups in total. The summed E-state index contributed by atoms with van der Waals surface area (Å²) in [5, 5.41) is -0.0831. The van der Waals surface area contributed by atoms with Crippen molar-refractivity contribution < 1.29 is 13.2 Å².